The second kappa shape index (κ2) is 8.55. The van der Waals surface area contributed by atoms with E-state index in [-0.39, 0.29) is 5.75 Å². The van der Waals surface area contributed by atoms with Crippen LogP contribution in [-0.4, -0.2) is 47.3 Å². The topological polar surface area (TPSA) is 72.8 Å². The number of nitrogens with zero attached hydrogens (tertiary/aromatic N) is 1. The van der Waals surface area contributed by atoms with Gasteiger partial charge in [-0.3, -0.25) is 4.79 Å². The Morgan fingerprint density at radius 2 is 1.85 bits per heavy atom. The number of hydrogen-bond acceptors (Lipinski definition) is 4. The zero-order valence-corrected chi connectivity index (χ0v) is 12.2. The summed E-state index contributed by atoms with van der Waals surface area (Å²) in [7, 11) is 0. The lowest BCUT2D eigenvalue weighted by atomic mass is 10.1. The van der Waals surface area contributed by atoms with Gasteiger partial charge in [-0.1, -0.05) is 26.0 Å². The normalized spacial score (nSPS) is 12.6. The molecule has 0 fully saturated rings. The summed E-state index contributed by atoms with van der Waals surface area (Å²) in [6, 6.07) is 5.54. The molecular formula is C15H24N2O3. The molecule has 1 rings (SSSR count). The van der Waals surface area contributed by atoms with Crippen LogP contribution in [0.15, 0.2) is 24.3 Å². The summed E-state index contributed by atoms with van der Waals surface area (Å²) >= 11 is 0. The number of hydrogen-bond donors (Lipinski definition) is 3. The predicted octanol–water partition coefficient (Wildman–Crippen LogP) is 1.84. The van der Waals surface area contributed by atoms with Crippen molar-refractivity contribution in [3.63, 3.8) is 0 Å². The third-order valence-electron chi connectivity index (χ3n) is 3.37. The lowest BCUT2D eigenvalue weighted by Crippen LogP contribution is -2.32. The van der Waals surface area contributed by atoms with Crippen LogP contribution in [0.2, 0.25) is 0 Å². The fourth-order valence-electron chi connectivity index (χ4n) is 2.10. The van der Waals surface area contributed by atoms with E-state index >= 15 is 0 Å². The second-order valence-corrected chi connectivity index (χ2v) is 4.70. The molecule has 0 aliphatic carbocycles. The van der Waals surface area contributed by atoms with Gasteiger partial charge in [0.25, 0.3) is 0 Å². The number of rotatable bonds is 9. The van der Waals surface area contributed by atoms with Gasteiger partial charge in [0.2, 0.25) is 0 Å². The number of benzene rings is 1. The van der Waals surface area contributed by atoms with Crippen molar-refractivity contribution >= 4 is 5.97 Å². The standard InChI is InChI=1S/C15H24N2O3/c1-3-17(4-2)11-5-10-16-14(15(19)20)12-6-8-13(18)9-7-12/h6-9,14,16,18H,3-5,10-11H2,1-2H3,(H,19,20). The van der Waals surface area contributed by atoms with Gasteiger partial charge in [0.1, 0.15) is 11.8 Å². The van der Waals surface area contributed by atoms with Gasteiger partial charge in [-0.05, 0) is 50.3 Å². The SMILES string of the molecule is CCN(CC)CCCNC(C(=O)O)c1ccc(O)cc1. The fraction of sp³-hybridized carbons (Fsp3) is 0.533. The minimum atomic E-state index is -0.904. The van der Waals surface area contributed by atoms with Crippen LogP contribution in [-0.2, 0) is 4.79 Å². The Kier molecular flexibility index (Phi) is 7.04. The first-order valence-electron chi connectivity index (χ1n) is 7.06. The molecule has 0 spiro atoms. The Balaban J connectivity index is 2.48. The van der Waals surface area contributed by atoms with Crippen molar-refractivity contribution in [3.05, 3.63) is 29.8 Å². The summed E-state index contributed by atoms with van der Waals surface area (Å²) in [6.07, 6.45) is 0.906. The van der Waals surface area contributed by atoms with E-state index in [1.807, 2.05) is 0 Å². The highest BCUT2D eigenvalue weighted by molar-refractivity contribution is 5.75. The van der Waals surface area contributed by atoms with E-state index in [0.717, 1.165) is 26.1 Å². The number of aliphatic carboxylic acids is 1. The Morgan fingerprint density at radius 3 is 2.35 bits per heavy atom. The second-order valence-electron chi connectivity index (χ2n) is 4.70. The molecule has 0 saturated carbocycles. The number of phenolic OH excluding ortho intramolecular Hbond substituents is 1. The quantitative estimate of drug-likeness (QED) is 0.602. The van der Waals surface area contributed by atoms with Gasteiger partial charge in [0.05, 0.1) is 0 Å². The molecule has 5 heteroatoms. The van der Waals surface area contributed by atoms with Gasteiger partial charge in [-0.15, -0.1) is 0 Å². The number of aromatic hydroxyl groups is 1. The molecule has 3 N–H and O–H groups in total. The highest BCUT2D eigenvalue weighted by Gasteiger charge is 2.18. The monoisotopic (exact) mass is 280 g/mol. The molecular weight excluding hydrogens is 256 g/mol. The molecule has 0 aromatic heterocycles. The van der Waals surface area contributed by atoms with E-state index in [1.54, 1.807) is 12.1 Å². The number of nitrogens with one attached hydrogen (secondary N) is 1. The third kappa shape index (κ3) is 5.19. The number of phenols is 1. The molecule has 0 heterocycles. The maximum atomic E-state index is 11.3. The number of carboxylic acid groups (broad SMARTS) is 1. The summed E-state index contributed by atoms with van der Waals surface area (Å²) < 4.78 is 0. The third-order valence-corrected chi connectivity index (χ3v) is 3.37. The van der Waals surface area contributed by atoms with Gasteiger partial charge in [-0.2, -0.15) is 0 Å². The van der Waals surface area contributed by atoms with Crippen LogP contribution in [0, 0.1) is 0 Å². The van der Waals surface area contributed by atoms with Crippen LogP contribution in [0.4, 0.5) is 0 Å². The average molecular weight is 280 g/mol. The highest BCUT2D eigenvalue weighted by atomic mass is 16.4. The zero-order valence-electron chi connectivity index (χ0n) is 12.2. The number of carboxylic acids is 1. The van der Waals surface area contributed by atoms with Gasteiger partial charge in [-0.25, -0.2) is 0 Å². The van der Waals surface area contributed by atoms with E-state index in [1.165, 1.54) is 12.1 Å². The summed E-state index contributed by atoms with van der Waals surface area (Å²) in [4.78, 5) is 13.6. The van der Waals surface area contributed by atoms with Gasteiger partial charge in [0.15, 0.2) is 0 Å². The van der Waals surface area contributed by atoms with Crippen molar-refractivity contribution < 1.29 is 15.0 Å². The largest absolute Gasteiger partial charge is 0.508 e. The van der Waals surface area contributed by atoms with Crippen molar-refractivity contribution in [2.45, 2.75) is 26.3 Å². The van der Waals surface area contributed by atoms with Crippen LogP contribution in [0.1, 0.15) is 31.9 Å². The molecule has 5 nitrogen and oxygen atoms in total. The Morgan fingerprint density at radius 1 is 1.25 bits per heavy atom. The summed E-state index contributed by atoms with van der Waals surface area (Å²) in [5.74, 6) is -0.766. The molecule has 112 valence electrons. The van der Waals surface area contributed by atoms with Crippen LogP contribution in [0.5, 0.6) is 5.75 Å². The van der Waals surface area contributed by atoms with E-state index < -0.39 is 12.0 Å². The van der Waals surface area contributed by atoms with E-state index in [4.69, 9.17) is 0 Å². The summed E-state index contributed by atoms with van der Waals surface area (Å²) in [6.45, 7) is 7.87. The smallest absolute Gasteiger partial charge is 0.325 e. The first kappa shape index (κ1) is 16.5. The lowest BCUT2D eigenvalue weighted by molar-refractivity contribution is -0.139. The van der Waals surface area contributed by atoms with E-state index in [2.05, 4.69) is 24.1 Å². The molecule has 1 atom stereocenters. The van der Waals surface area contributed by atoms with Crippen LogP contribution < -0.4 is 5.32 Å². The maximum absolute atomic E-state index is 11.3. The molecule has 1 aromatic carbocycles. The lowest BCUT2D eigenvalue weighted by Gasteiger charge is -2.19. The summed E-state index contributed by atoms with van der Waals surface area (Å²) in [5.41, 5.74) is 0.651. The molecule has 1 unspecified atom stereocenters. The molecule has 1 aromatic rings. The van der Waals surface area contributed by atoms with Crippen LogP contribution in [0.3, 0.4) is 0 Å². The first-order chi connectivity index (χ1) is 9.58. The van der Waals surface area contributed by atoms with Crippen molar-refractivity contribution in [2.24, 2.45) is 0 Å². The van der Waals surface area contributed by atoms with E-state index in [0.29, 0.717) is 12.1 Å². The predicted molar refractivity (Wildman–Crippen MR) is 78.9 cm³/mol. The average Bonchev–Trinajstić information content (AvgIpc) is 2.44. The minimum absolute atomic E-state index is 0.138. The van der Waals surface area contributed by atoms with Crippen molar-refractivity contribution in [1.82, 2.24) is 10.2 Å². The molecule has 0 radical (unpaired) electrons. The highest BCUT2D eigenvalue weighted by Crippen LogP contribution is 2.17. The molecule has 0 aliphatic heterocycles. The minimum Gasteiger partial charge on any atom is -0.508 e. The Labute approximate surface area is 120 Å². The van der Waals surface area contributed by atoms with Crippen molar-refractivity contribution in [3.8, 4) is 5.75 Å². The molecule has 0 bridgehead atoms. The number of carbonyl (C=O) groups is 1. The molecule has 0 amide bonds. The maximum Gasteiger partial charge on any atom is 0.325 e. The van der Waals surface area contributed by atoms with Crippen LogP contribution in [0.25, 0.3) is 0 Å². The fourth-order valence-corrected chi connectivity index (χ4v) is 2.10. The Hall–Kier alpha value is -1.59. The molecule has 0 saturated heterocycles. The van der Waals surface area contributed by atoms with Crippen LogP contribution >= 0.6 is 0 Å². The van der Waals surface area contributed by atoms with Crippen molar-refractivity contribution in [2.75, 3.05) is 26.2 Å². The molecule has 20 heavy (non-hydrogen) atoms. The summed E-state index contributed by atoms with van der Waals surface area (Å²) in [5, 5.41) is 21.5. The zero-order chi connectivity index (χ0) is 15.0. The van der Waals surface area contributed by atoms with Crippen molar-refractivity contribution in [1.29, 1.82) is 0 Å². The van der Waals surface area contributed by atoms with Gasteiger partial charge < -0.3 is 20.4 Å². The van der Waals surface area contributed by atoms with Gasteiger partial charge >= 0.3 is 5.97 Å². The first-order valence-corrected chi connectivity index (χ1v) is 7.06. The van der Waals surface area contributed by atoms with E-state index in [9.17, 15) is 15.0 Å². The Bertz CT molecular complexity index is 402. The van der Waals surface area contributed by atoms with Gasteiger partial charge in [0, 0.05) is 0 Å². The molecule has 0 aliphatic rings.